The molecule has 2 aromatic carbocycles. The van der Waals surface area contributed by atoms with Crippen molar-refractivity contribution in [3.05, 3.63) is 124 Å². The van der Waals surface area contributed by atoms with E-state index in [-0.39, 0.29) is 12.1 Å². The number of benzene rings is 2. The SMILES string of the molecule is O=C(NC(c1ccccc1)c1ccccc1)N(CCc1cccs1)Cc1cccnc1. The number of nitrogens with one attached hydrogen (secondary N) is 1. The molecule has 1 N–H and O–H groups in total. The van der Waals surface area contributed by atoms with E-state index >= 15 is 0 Å². The Balaban J connectivity index is 1.56. The van der Waals surface area contributed by atoms with Crippen LogP contribution in [0.2, 0.25) is 0 Å². The summed E-state index contributed by atoms with van der Waals surface area (Å²) < 4.78 is 0. The summed E-state index contributed by atoms with van der Waals surface area (Å²) in [6, 6.07) is 28.0. The van der Waals surface area contributed by atoms with E-state index < -0.39 is 0 Å². The zero-order chi connectivity index (χ0) is 21.3. The van der Waals surface area contributed by atoms with E-state index in [1.54, 1.807) is 17.5 Å². The third-order valence-electron chi connectivity index (χ3n) is 5.13. The largest absolute Gasteiger partial charge is 0.327 e. The normalized spacial score (nSPS) is 10.7. The number of carbonyl (C=O) groups is 1. The lowest BCUT2D eigenvalue weighted by Gasteiger charge is -2.27. The Morgan fingerprint density at radius 3 is 2.19 bits per heavy atom. The van der Waals surface area contributed by atoms with Crippen molar-refractivity contribution < 1.29 is 4.79 Å². The van der Waals surface area contributed by atoms with Crippen molar-refractivity contribution in [1.82, 2.24) is 15.2 Å². The van der Waals surface area contributed by atoms with Gasteiger partial charge in [-0.25, -0.2) is 4.79 Å². The molecule has 0 spiro atoms. The molecule has 4 rings (SSSR count). The second-order valence-corrected chi connectivity index (χ2v) is 8.35. The van der Waals surface area contributed by atoms with Crippen molar-refractivity contribution in [2.45, 2.75) is 19.0 Å². The van der Waals surface area contributed by atoms with Gasteiger partial charge < -0.3 is 10.2 Å². The Hall–Kier alpha value is -3.44. The molecule has 2 amide bonds. The number of amides is 2. The third kappa shape index (κ3) is 5.80. The van der Waals surface area contributed by atoms with Crippen LogP contribution < -0.4 is 5.32 Å². The van der Waals surface area contributed by atoms with E-state index in [4.69, 9.17) is 0 Å². The molecule has 156 valence electrons. The predicted octanol–water partition coefficient (Wildman–Crippen LogP) is 5.69. The Bertz CT molecular complexity index is 1010. The molecule has 0 aliphatic rings. The number of thiophene rings is 1. The van der Waals surface area contributed by atoms with E-state index in [0.717, 1.165) is 23.1 Å². The van der Waals surface area contributed by atoms with Gasteiger partial charge in [0.05, 0.1) is 6.04 Å². The molecular weight excluding hydrogens is 402 g/mol. The summed E-state index contributed by atoms with van der Waals surface area (Å²) >= 11 is 1.72. The highest BCUT2D eigenvalue weighted by Crippen LogP contribution is 2.22. The van der Waals surface area contributed by atoms with Crippen molar-refractivity contribution in [2.75, 3.05) is 6.54 Å². The molecule has 2 heterocycles. The van der Waals surface area contributed by atoms with Crippen LogP contribution in [0, 0.1) is 0 Å². The summed E-state index contributed by atoms with van der Waals surface area (Å²) in [5, 5.41) is 5.34. The van der Waals surface area contributed by atoms with Crippen LogP contribution in [0.25, 0.3) is 0 Å². The van der Waals surface area contributed by atoms with Gasteiger partial charge in [-0.1, -0.05) is 72.8 Å². The van der Waals surface area contributed by atoms with Crippen molar-refractivity contribution >= 4 is 17.4 Å². The summed E-state index contributed by atoms with van der Waals surface area (Å²) in [5.74, 6) is 0. The fraction of sp³-hybridized carbons (Fsp3) is 0.154. The number of pyridine rings is 1. The molecular formula is C26H25N3OS. The van der Waals surface area contributed by atoms with Crippen LogP contribution in [0.3, 0.4) is 0 Å². The fourth-order valence-corrected chi connectivity index (χ4v) is 4.23. The fourth-order valence-electron chi connectivity index (χ4n) is 3.53. The summed E-state index contributed by atoms with van der Waals surface area (Å²) in [7, 11) is 0. The number of carbonyl (C=O) groups excluding carboxylic acids is 1. The standard InChI is InChI=1S/C26H25N3OS/c30-26(28-25(22-10-3-1-4-11-22)23-12-5-2-6-13-23)29(17-15-24-14-8-18-31-24)20-21-9-7-16-27-19-21/h1-14,16,18-19,25H,15,17,20H2,(H,28,30). The first-order valence-corrected chi connectivity index (χ1v) is 11.2. The lowest BCUT2D eigenvalue weighted by atomic mass is 9.99. The highest BCUT2D eigenvalue weighted by molar-refractivity contribution is 7.09. The van der Waals surface area contributed by atoms with Gasteiger partial charge >= 0.3 is 6.03 Å². The van der Waals surface area contributed by atoms with Crippen LogP contribution in [0.5, 0.6) is 0 Å². The number of nitrogens with zero attached hydrogens (tertiary/aromatic N) is 2. The lowest BCUT2D eigenvalue weighted by Crippen LogP contribution is -2.42. The molecule has 0 fully saturated rings. The van der Waals surface area contributed by atoms with Crippen LogP contribution in [0.4, 0.5) is 4.79 Å². The van der Waals surface area contributed by atoms with Gasteiger partial charge in [0.2, 0.25) is 0 Å². The molecule has 2 aromatic heterocycles. The smallest absolute Gasteiger partial charge is 0.318 e. The van der Waals surface area contributed by atoms with E-state index in [1.807, 2.05) is 65.7 Å². The van der Waals surface area contributed by atoms with E-state index in [1.165, 1.54) is 4.88 Å². The van der Waals surface area contributed by atoms with E-state index in [0.29, 0.717) is 13.1 Å². The van der Waals surface area contributed by atoms with E-state index in [9.17, 15) is 4.79 Å². The minimum atomic E-state index is -0.215. The van der Waals surface area contributed by atoms with Gasteiger partial charge in [0.25, 0.3) is 0 Å². The van der Waals surface area contributed by atoms with Crippen LogP contribution in [0.15, 0.2) is 103 Å². The Kier molecular flexibility index (Phi) is 7.08. The molecule has 0 aliphatic carbocycles. The molecule has 0 saturated heterocycles. The third-order valence-corrected chi connectivity index (χ3v) is 6.06. The van der Waals surface area contributed by atoms with Gasteiger partial charge in [-0.2, -0.15) is 0 Å². The van der Waals surface area contributed by atoms with Gasteiger partial charge in [0.1, 0.15) is 0 Å². The summed E-state index contributed by atoms with van der Waals surface area (Å²) in [6.07, 6.45) is 4.39. The Morgan fingerprint density at radius 2 is 1.61 bits per heavy atom. The Morgan fingerprint density at radius 1 is 0.903 bits per heavy atom. The molecule has 0 bridgehead atoms. The molecule has 4 nitrogen and oxygen atoms in total. The number of rotatable bonds is 8. The van der Waals surface area contributed by atoms with Crippen LogP contribution >= 0.6 is 11.3 Å². The lowest BCUT2D eigenvalue weighted by molar-refractivity contribution is 0.193. The van der Waals surface area contributed by atoms with Gasteiger partial charge in [0, 0.05) is 30.4 Å². The van der Waals surface area contributed by atoms with Crippen molar-refractivity contribution in [3.8, 4) is 0 Å². The molecule has 0 atom stereocenters. The average Bonchev–Trinajstić information content (AvgIpc) is 3.35. The van der Waals surface area contributed by atoms with E-state index in [2.05, 4.69) is 46.0 Å². The second-order valence-electron chi connectivity index (χ2n) is 7.32. The zero-order valence-corrected chi connectivity index (χ0v) is 18.0. The molecule has 0 saturated carbocycles. The topological polar surface area (TPSA) is 45.2 Å². The van der Waals surface area contributed by atoms with Gasteiger partial charge in [-0.15, -0.1) is 11.3 Å². The second kappa shape index (κ2) is 10.5. The minimum Gasteiger partial charge on any atom is -0.327 e. The monoisotopic (exact) mass is 427 g/mol. The van der Waals surface area contributed by atoms with Crippen molar-refractivity contribution in [1.29, 1.82) is 0 Å². The van der Waals surface area contributed by atoms with Gasteiger partial charge in [-0.3, -0.25) is 4.98 Å². The number of urea groups is 1. The molecule has 0 aliphatic heterocycles. The Labute approximate surface area is 187 Å². The van der Waals surface area contributed by atoms with Crippen LogP contribution in [0.1, 0.15) is 27.6 Å². The highest BCUT2D eigenvalue weighted by Gasteiger charge is 2.21. The zero-order valence-electron chi connectivity index (χ0n) is 17.2. The number of aromatic nitrogens is 1. The first-order valence-electron chi connectivity index (χ1n) is 10.4. The van der Waals surface area contributed by atoms with Crippen LogP contribution in [-0.2, 0) is 13.0 Å². The molecule has 0 unspecified atom stereocenters. The maximum Gasteiger partial charge on any atom is 0.318 e. The number of hydrogen-bond donors (Lipinski definition) is 1. The summed E-state index contributed by atoms with van der Waals surface area (Å²) in [4.78, 5) is 20.8. The summed E-state index contributed by atoms with van der Waals surface area (Å²) in [6.45, 7) is 1.15. The van der Waals surface area contributed by atoms with Crippen LogP contribution in [-0.4, -0.2) is 22.5 Å². The van der Waals surface area contributed by atoms with Gasteiger partial charge in [0.15, 0.2) is 0 Å². The number of hydrogen-bond acceptors (Lipinski definition) is 3. The molecule has 5 heteroatoms. The predicted molar refractivity (Wildman–Crippen MR) is 126 cm³/mol. The first-order chi connectivity index (χ1) is 15.3. The highest BCUT2D eigenvalue weighted by atomic mass is 32.1. The minimum absolute atomic E-state index is 0.0851. The van der Waals surface area contributed by atoms with Crippen molar-refractivity contribution in [3.63, 3.8) is 0 Å². The first kappa shape index (κ1) is 20.8. The molecule has 0 radical (unpaired) electrons. The quantitative estimate of drug-likeness (QED) is 0.393. The maximum atomic E-state index is 13.5. The molecule has 4 aromatic rings. The summed E-state index contributed by atoms with van der Waals surface area (Å²) in [5.41, 5.74) is 3.13. The van der Waals surface area contributed by atoms with Gasteiger partial charge in [-0.05, 0) is 40.6 Å². The molecule has 31 heavy (non-hydrogen) atoms. The van der Waals surface area contributed by atoms with Crippen molar-refractivity contribution in [2.24, 2.45) is 0 Å². The maximum absolute atomic E-state index is 13.5. The average molecular weight is 428 g/mol.